The van der Waals surface area contributed by atoms with Gasteiger partial charge in [0.2, 0.25) is 0 Å². The lowest BCUT2D eigenvalue weighted by Crippen LogP contribution is -2.18. The third-order valence-corrected chi connectivity index (χ3v) is 5.78. The van der Waals surface area contributed by atoms with Gasteiger partial charge >= 0.3 is 0 Å². The van der Waals surface area contributed by atoms with Gasteiger partial charge < -0.3 is 5.11 Å². The standard InChI is InChI=1S/C16H15Br2NO/c17-13-7-6-11(9-14(13)18)16(20)12-5-1-3-10-4-2-8-19-15(10)12/h2,4,6-9,12,16,20H,1,3,5H2. The van der Waals surface area contributed by atoms with Crippen LogP contribution in [0.4, 0.5) is 0 Å². The molecule has 2 aromatic rings. The molecule has 0 bridgehead atoms. The van der Waals surface area contributed by atoms with Crippen LogP contribution in [-0.2, 0) is 6.42 Å². The topological polar surface area (TPSA) is 33.1 Å². The number of pyridine rings is 1. The maximum atomic E-state index is 10.7. The highest BCUT2D eigenvalue weighted by atomic mass is 79.9. The van der Waals surface area contributed by atoms with Gasteiger partial charge in [-0.2, -0.15) is 0 Å². The second kappa shape index (κ2) is 5.96. The van der Waals surface area contributed by atoms with Gasteiger partial charge in [0, 0.05) is 26.8 Å². The van der Waals surface area contributed by atoms with E-state index in [0.29, 0.717) is 0 Å². The van der Waals surface area contributed by atoms with Crippen LogP contribution in [-0.4, -0.2) is 10.1 Å². The van der Waals surface area contributed by atoms with Crippen LogP contribution in [0.15, 0.2) is 45.5 Å². The molecular formula is C16H15Br2NO. The molecule has 104 valence electrons. The average Bonchev–Trinajstić information content (AvgIpc) is 2.49. The van der Waals surface area contributed by atoms with E-state index in [1.54, 1.807) is 0 Å². The molecule has 2 atom stereocenters. The largest absolute Gasteiger partial charge is 0.388 e. The van der Waals surface area contributed by atoms with Gasteiger partial charge in [0.1, 0.15) is 0 Å². The first-order valence-electron chi connectivity index (χ1n) is 6.73. The van der Waals surface area contributed by atoms with Crippen LogP contribution < -0.4 is 0 Å². The molecule has 3 rings (SSSR count). The molecule has 0 spiro atoms. The number of halogens is 2. The molecule has 0 amide bonds. The minimum Gasteiger partial charge on any atom is -0.388 e. The number of fused-ring (bicyclic) bond motifs is 1. The normalized spacial score (nSPS) is 19.4. The van der Waals surface area contributed by atoms with Gasteiger partial charge in [-0.25, -0.2) is 0 Å². The number of benzene rings is 1. The van der Waals surface area contributed by atoms with Crippen LogP contribution >= 0.6 is 31.9 Å². The first-order chi connectivity index (χ1) is 9.66. The van der Waals surface area contributed by atoms with E-state index in [-0.39, 0.29) is 5.92 Å². The summed E-state index contributed by atoms with van der Waals surface area (Å²) >= 11 is 6.96. The monoisotopic (exact) mass is 395 g/mol. The van der Waals surface area contributed by atoms with Crippen molar-refractivity contribution in [1.29, 1.82) is 0 Å². The van der Waals surface area contributed by atoms with E-state index in [1.165, 1.54) is 5.56 Å². The van der Waals surface area contributed by atoms with Crippen LogP contribution in [0.25, 0.3) is 0 Å². The van der Waals surface area contributed by atoms with Crippen molar-refractivity contribution in [3.63, 3.8) is 0 Å². The summed E-state index contributed by atoms with van der Waals surface area (Å²) in [6, 6.07) is 10.0. The number of hydrogen-bond acceptors (Lipinski definition) is 2. The fraction of sp³-hybridized carbons (Fsp3) is 0.312. The zero-order chi connectivity index (χ0) is 14.1. The molecule has 1 N–H and O–H groups in total. The first-order valence-corrected chi connectivity index (χ1v) is 8.32. The SMILES string of the molecule is OC(c1ccc(Br)c(Br)c1)C1CCCc2cccnc21. The molecule has 0 saturated carbocycles. The number of aromatic nitrogens is 1. The Morgan fingerprint density at radius 2 is 2.05 bits per heavy atom. The summed E-state index contributed by atoms with van der Waals surface area (Å²) in [6.07, 6.45) is 4.47. The van der Waals surface area contributed by atoms with Crippen molar-refractivity contribution < 1.29 is 5.11 Å². The molecule has 20 heavy (non-hydrogen) atoms. The number of aryl methyl sites for hydroxylation is 1. The van der Waals surface area contributed by atoms with E-state index in [9.17, 15) is 5.11 Å². The molecule has 1 heterocycles. The zero-order valence-electron chi connectivity index (χ0n) is 10.9. The molecule has 0 saturated heterocycles. The van der Waals surface area contributed by atoms with Gasteiger partial charge in [-0.3, -0.25) is 4.98 Å². The molecule has 0 radical (unpaired) electrons. The molecule has 1 aromatic heterocycles. The predicted molar refractivity (Wildman–Crippen MR) is 86.7 cm³/mol. The van der Waals surface area contributed by atoms with E-state index in [2.05, 4.69) is 42.9 Å². The van der Waals surface area contributed by atoms with Crippen LogP contribution in [0.2, 0.25) is 0 Å². The fourth-order valence-electron chi connectivity index (χ4n) is 2.88. The lowest BCUT2D eigenvalue weighted by Gasteiger charge is -2.28. The summed E-state index contributed by atoms with van der Waals surface area (Å²) < 4.78 is 1.96. The number of nitrogens with zero attached hydrogens (tertiary/aromatic N) is 1. The summed E-state index contributed by atoms with van der Waals surface area (Å²) in [5, 5.41) is 10.7. The van der Waals surface area contributed by atoms with Crippen molar-refractivity contribution in [3.8, 4) is 0 Å². The maximum Gasteiger partial charge on any atom is 0.0874 e. The second-order valence-electron chi connectivity index (χ2n) is 5.16. The molecule has 1 aliphatic carbocycles. The molecule has 2 nitrogen and oxygen atoms in total. The Labute approximate surface area is 135 Å². The first kappa shape index (κ1) is 14.2. The number of aliphatic hydroxyl groups excluding tert-OH is 1. The highest BCUT2D eigenvalue weighted by molar-refractivity contribution is 9.13. The Hall–Kier alpha value is -0.710. The van der Waals surface area contributed by atoms with Crippen molar-refractivity contribution >= 4 is 31.9 Å². The molecule has 0 aliphatic heterocycles. The molecule has 1 aliphatic rings. The van der Waals surface area contributed by atoms with Crippen molar-refractivity contribution in [2.75, 3.05) is 0 Å². The van der Waals surface area contributed by atoms with Crippen LogP contribution in [0.5, 0.6) is 0 Å². The van der Waals surface area contributed by atoms with Gasteiger partial charge in [-0.15, -0.1) is 0 Å². The Balaban J connectivity index is 1.95. The second-order valence-corrected chi connectivity index (χ2v) is 6.87. The quantitative estimate of drug-likeness (QED) is 0.793. The summed E-state index contributed by atoms with van der Waals surface area (Å²) in [5.41, 5.74) is 3.27. The van der Waals surface area contributed by atoms with Gasteiger partial charge in [0.05, 0.1) is 6.10 Å². The summed E-state index contributed by atoms with van der Waals surface area (Å²) in [6.45, 7) is 0. The third-order valence-electron chi connectivity index (χ3n) is 3.90. The fourth-order valence-corrected chi connectivity index (χ4v) is 3.52. The Morgan fingerprint density at radius 1 is 1.20 bits per heavy atom. The Morgan fingerprint density at radius 3 is 2.85 bits per heavy atom. The van der Waals surface area contributed by atoms with E-state index in [1.807, 2.05) is 30.5 Å². The lowest BCUT2D eigenvalue weighted by molar-refractivity contribution is 0.134. The van der Waals surface area contributed by atoms with Crippen molar-refractivity contribution in [1.82, 2.24) is 4.98 Å². The van der Waals surface area contributed by atoms with Crippen LogP contribution in [0.1, 0.15) is 41.7 Å². The van der Waals surface area contributed by atoms with E-state index >= 15 is 0 Å². The molecule has 2 unspecified atom stereocenters. The smallest absolute Gasteiger partial charge is 0.0874 e. The van der Waals surface area contributed by atoms with E-state index < -0.39 is 6.10 Å². The zero-order valence-corrected chi connectivity index (χ0v) is 14.1. The van der Waals surface area contributed by atoms with Crippen molar-refractivity contribution in [3.05, 3.63) is 62.3 Å². The minimum atomic E-state index is -0.506. The van der Waals surface area contributed by atoms with Gasteiger partial charge in [0.25, 0.3) is 0 Å². The Kier molecular flexibility index (Phi) is 4.24. The van der Waals surface area contributed by atoms with Gasteiger partial charge in [-0.1, -0.05) is 12.1 Å². The average molecular weight is 397 g/mol. The predicted octanol–water partition coefficient (Wildman–Crippen LogP) is 4.76. The highest BCUT2D eigenvalue weighted by Gasteiger charge is 2.28. The van der Waals surface area contributed by atoms with Gasteiger partial charge in [-0.05, 0) is 80.4 Å². The molecule has 1 aromatic carbocycles. The minimum absolute atomic E-state index is 0.0908. The summed E-state index contributed by atoms with van der Waals surface area (Å²) in [5.74, 6) is 0.0908. The molecule has 4 heteroatoms. The maximum absolute atomic E-state index is 10.7. The lowest BCUT2D eigenvalue weighted by atomic mass is 9.81. The van der Waals surface area contributed by atoms with Crippen LogP contribution in [0.3, 0.4) is 0 Å². The van der Waals surface area contributed by atoms with Crippen molar-refractivity contribution in [2.45, 2.75) is 31.3 Å². The van der Waals surface area contributed by atoms with Crippen molar-refractivity contribution in [2.24, 2.45) is 0 Å². The summed E-state index contributed by atoms with van der Waals surface area (Å²) in [7, 11) is 0. The number of rotatable bonds is 2. The van der Waals surface area contributed by atoms with Gasteiger partial charge in [0.15, 0.2) is 0 Å². The van der Waals surface area contributed by atoms with Crippen LogP contribution in [0, 0.1) is 0 Å². The highest BCUT2D eigenvalue weighted by Crippen LogP contribution is 2.40. The number of hydrogen-bond donors (Lipinski definition) is 1. The summed E-state index contributed by atoms with van der Waals surface area (Å²) in [4.78, 5) is 4.51. The molecule has 0 fully saturated rings. The number of aliphatic hydroxyl groups is 1. The third kappa shape index (κ3) is 2.69. The van der Waals surface area contributed by atoms with E-state index in [0.717, 1.165) is 39.5 Å². The van der Waals surface area contributed by atoms with E-state index in [4.69, 9.17) is 0 Å². The molecular weight excluding hydrogens is 382 g/mol. The Bertz CT molecular complexity index is 630.